The van der Waals surface area contributed by atoms with Gasteiger partial charge in [0.1, 0.15) is 5.69 Å². The van der Waals surface area contributed by atoms with Crippen molar-refractivity contribution in [2.24, 2.45) is 11.7 Å². The summed E-state index contributed by atoms with van der Waals surface area (Å²) in [4.78, 5) is 12.7. The highest BCUT2D eigenvalue weighted by Crippen LogP contribution is 2.33. The minimum Gasteiger partial charge on any atom is -0.366 e. The number of rotatable bonds is 3. The lowest BCUT2D eigenvalue weighted by Gasteiger charge is -2.33. The lowest BCUT2D eigenvalue weighted by atomic mass is 9.97. The van der Waals surface area contributed by atoms with Crippen LogP contribution in [0.15, 0.2) is 18.2 Å². The summed E-state index contributed by atoms with van der Waals surface area (Å²) in [5.74, 6) is 0.411. The third-order valence-electron chi connectivity index (χ3n) is 3.33. The van der Waals surface area contributed by atoms with Gasteiger partial charge < -0.3 is 10.6 Å². The van der Waals surface area contributed by atoms with Crippen molar-refractivity contribution in [1.29, 1.82) is 0 Å². The second-order valence-corrected chi connectivity index (χ2v) is 5.02. The Morgan fingerprint density at radius 3 is 3.00 bits per heavy atom. The van der Waals surface area contributed by atoms with E-state index in [1.54, 1.807) is 12.1 Å². The molecule has 0 amide bonds. The van der Waals surface area contributed by atoms with E-state index in [0.29, 0.717) is 23.2 Å². The molecule has 2 rings (SSSR count). The van der Waals surface area contributed by atoms with Crippen LogP contribution in [0.25, 0.3) is 0 Å². The molecule has 1 heterocycles. The van der Waals surface area contributed by atoms with Gasteiger partial charge in [-0.2, -0.15) is 0 Å². The summed E-state index contributed by atoms with van der Waals surface area (Å²) in [7, 11) is 0. The predicted octanol–water partition coefficient (Wildman–Crippen LogP) is 2.42. The molecule has 1 aromatic carbocycles. The third kappa shape index (κ3) is 2.73. The van der Waals surface area contributed by atoms with Crippen LogP contribution in [0.4, 0.5) is 11.4 Å². The normalized spacial score (nSPS) is 19.9. The van der Waals surface area contributed by atoms with Gasteiger partial charge in [-0.05, 0) is 37.4 Å². The number of nitrogens with two attached hydrogens (primary N) is 1. The molecule has 2 N–H and O–H groups in total. The first kappa shape index (κ1) is 13.1. The minimum absolute atomic E-state index is 0.0696. The van der Waals surface area contributed by atoms with Gasteiger partial charge in [0.05, 0.1) is 4.92 Å². The number of benzene rings is 1. The zero-order valence-electron chi connectivity index (χ0n) is 10.0. The highest BCUT2D eigenvalue weighted by atomic mass is 35.5. The largest absolute Gasteiger partial charge is 0.366 e. The Balaban J connectivity index is 2.29. The van der Waals surface area contributed by atoms with Gasteiger partial charge in [0.2, 0.25) is 0 Å². The van der Waals surface area contributed by atoms with Crippen molar-refractivity contribution in [2.75, 3.05) is 24.5 Å². The Hall–Kier alpha value is -1.33. The second kappa shape index (κ2) is 5.54. The lowest BCUT2D eigenvalue weighted by molar-refractivity contribution is -0.384. The van der Waals surface area contributed by atoms with Crippen molar-refractivity contribution in [2.45, 2.75) is 12.8 Å². The van der Waals surface area contributed by atoms with Gasteiger partial charge in [0, 0.05) is 24.2 Å². The fourth-order valence-corrected chi connectivity index (χ4v) is 2.55. The summed E-state index contributed by atoms with van der Waals surface area (Å²) in [6.07, 6.45) is 2.11. The summed E-state index contributed by atoms with van der Waals surface area (Å²) in [6, 6.07) is 4.82. The maximum Gasteiger partial charge on any atom is 0.294 e. The Morgan fingerprint density at radius 1 is 1.56 bits per heavy atom. The van der Waals surface area contributed by atoms with E-state index in [1.807, 2.05) is 4.90 Å². The lowest BCUT2D eigenvalue weighted by Crippen LogP contribution is -2.38. The molecule has 1 unspecified atom stereocenters. The first-order valence-corrected chi connectivity index (χ1v) is 6.38. The summed E-state index contributed by atoms with van der Waals surface area (Å²) < 4.78 is 0. The molecule has 6 heteroatoms. The Kier molecular flexibility index (Phi) is 4.04. The molecule has 0 bridgehead atoms. The third-order valence-corrected chi connectivity index (χ3v) is 3.56. The fourth-order valence-electron chi connectivity index (χ4n) is 2.39. The van der Waals surface area contributed by atoms with Crippen LogP contribution in [0, 0.1) is 16.0 Å². The molecule has 5 nitrogen and oxygen atoms in total. The predicted molar refractivity (Wildman–Crippen MR) is 72.1 cm³/mol. The molecule has 0 aliphatic carbocycles. The van der Waals surface area contributed by atoms with Crippen LogP contribution >= 0.6 is 11.6 Å². The Labute approximate surface area is 111 Å². The van der Waals surface area contributed by atoms with Crippen molar-refractivity contribution in [3.8, 4) is 0 Å². The number of halogens is 1. The number of hydrogen-bond donors (Lipinski definition) is 1. The highest BCUT2D eigenvalue weighted by molar-refractivity contribution is 6.30. The quantitative estimate of drug-likeness (QED) is 0.676. The standard InChI is InChI=1S/C12H16ClN3O2/c13-10-3-4-11(12(6-10)16(17)18)15-5-1-2-9(7-14)8-15/h3-4,6,9H,1-2,5,7-8,14H2. The number of anilines is 1. The minimum atomic E-state index is -0.382. The summed E-state index contributed by atoms with van der Waals surface area (Å²) in [5.41, 5.74) is 6.39. The van der Waals surface area contributed by atoms with Crippen molar-refractivity contribution in [3.05, 3.63) is 33.3 Å². The summed E-state index contributed by atoms with van der Waals surface area (Å²) in [5, 5.41) is 11.5. The van der Waals surface area contributed by atoms with Gasteiger partial charge >= 0.3 is 0 Å². The van der Waals surface area contributed by atoms with Gasteiger partial charge in [-0.15, -0.1) is 0 Å². The van der Waals surface area contributed by atoms with Crippen LogP contribution in [-0.2, 0) is 0 Å². The van der Waals surface area contributed by atoms with Crippen LogP contribution in [-0.4, -0.2) is 24.6 Å². The van der Waals surface area contributed by atoms with Gasteiger partial charge in [0.15, 0.2) is 0 Å². The molecule has 1 atom stereocenters. The van der Waals surface area contributed by atoms with E-state index < -0.39 is 0 Å². The number of nitro benzene ring substituents is 1. The first-order chi connectivity index (χ1) is 8.61. The summed E-state index contributed by atoms with van der Waals surface area (Å²) in [6.45, 7) is 2.23. The average molecular weight is 270 g/mol. The molecule has 0 radical (unpaired) electrons. The van der Waals surface area contributed by atoms with E-state index in [0.717, 1.165) is 25.9 Å². The van der Waals surface area contributed by atoms with Crippen LogP contribution in [0.5, 0.6) is 0 Å². The highest BCUT2D eigenvalue weighted by Gasteiger charge is 2.24. The molecular weight excluding hydrogens is 254 g/mol. The Bertz CT molecular complexity index is 453. The SMILES string of the molecule is NCC1CCCN(c2ccc(Cl)cc2[N+](=O)[O-])C1. The molecule has 98 valence electrons. The molecule has 0 aromatic heterocycles. The van der Waals surface area contributed by atoms with Crippen LogP contribution in [0.2, 0.25) is 5.02 Å². The van der Waals surface area contributed by atoms with Crippen molar-refractivity contribution in [1.82, 2.24) is 0 Å². The zero-order valence-corrected chi connectivity index (χ0v) is 10.8. The summed E-state index contributed by atoms with van der Waals surface area (Å²) >= 11 is 5.81. The van der Waals surface area contributed by atoms with Gasteiger partial charge in [-0.1, -0.05) is 11.6 Å². The topological polar surface area (TPSA) is 72.4 Å². The molecule has 1 aliphatic rings. The number of nitro groups is 1. The molecule has 1 aliphatic heterocycles. The number of hydrogen-bond acceptors (Lipinski definition) is 4. The second-order valence-electron chi connectivity index (χ2n) is 4.58. The van der Waals surface area contributed by atoms with Crippen LogP contribution in [0.1, 0.15) is 12.8 Å². The molecule has 1 aromatic rings. The molecular formula is C12H16ClN3O2. The van der Waals surface area contributed by atoms with Crippen LogP contribution < -0.4 is 10.6 Å². The van der Waals surface area contributed by atoms with E-state index in [1.165, 1.54) is 6.07 Å². The maximum absolute atomic E-state index is 11.1. The van der Waals surface area contributed by atoms with Crippen LogP contribution in [0.3, 0.4) is 0 Å². The first-order valence-electron chi connectivity index (χ1n) is 6.00. The maximum atomic E-state index is 11.1. The Morgan fingerprint density at radius 2 is 2.33 bits per heavy atom. The number of piperidine rings is 1. The van der Waals surface area contributed by atoms with E-state index >= 15 is 0 Å². The smallest absolute Gasteiger partial charge is 0.294 e. The van der Waals surface area contributed by atoms with Crippen molar-refractivity contribution >= 4 is 23.0 Å². The van der Waals surface area contributed by atoms with E-state index in [-0.39, 0.29) is 10.6 Å². The zero-order chi connectivity index (χ0) is 13.1. The molecule has 0 spiro atoms. The molecule has 0 saturated carbocycles. The molecule has 18 heavy (non-hydrogen) atoms. The van der Waals surface area contributed by atoms with E-state index in [2.05, 4.69) is 0 Å². The van der Waals surface area contributed by atoms with Gasteiger partial charge in [-0.3, -0.25) is 10.1 Å². The molecule has 1 fully saturated rings. The molecule has 1 saturated heterocycles. The monoisotopic (exact) mass is 269 g/mol. The van der Waals surface area contributed by atoms with Crippen molar-refractivity contribution < 1.29 is 4.92 Å². The fraction of sp³-hybridized carbons (Fsp3) is 0.500. The van der Waals surface area contributed by atoms with E-state index in [4.69, 9.17) is 17.3 Å². The van der Waals surface area contributed by atoms with Crippen molar-refractivity contribution in [3.63, 3.8) is 0 Å². The van der Waals surface area contributed by atoms with Gasteiger partial charge in [0.25, 0.3) is 5.69 Å². The number of nitrogens with zero attached hydrogens (tertiary/aromatic N) is 2. The van der Waals surface area contributed by atoms with Gasteiger partial charge in [-0.25, -0.2) is 0 Å². The average Bonchev–Trinajstić information content (AvgIpc) is 2.38. The van der Waals surface area contributed by atoms with E-state index in [9.17, 15) is 10.1 Å².